The molecule has 1 aromatic rings. The Hall–Kier alpha value is -1.99. The number of fused-ring (bicyclic) bond motifs is 1. The van der Waals surface area contributed by atoms with Gasteiger partial charge < -0.3 is 29.9 Å². The van der Waals surface area contributed by atoms with Gasteiger partial charge in [0.1, 0.15) is 0 Å². The molecule has 0 aliphatic carbocycles. The van der Waals surface area contributed by atoms with Crippen LogP contribution in [-0.2, 0) is 6.42 Å². The molecule has 0 atom stereocenters. The second-order valence-electron chi connectivity index (χ2n) is 4.60. The van der Waals surface area contributed by atoms with E-state index in [-0.39, 0.29) is 39.1 Å². The van der Waals surface area contributed by atoms with E-state index in [2.05, 4.69) is 5.32 Å². The van der Waals surface area contributed by atoms with Gasteiger partial charge in [-0.25, -0.2) is 4.79 Å². The molecule has 0 unspecified atom stereocenters. The SMILES string of the molecule is O=C(NCCc1ccc2c(c1)OCO2)N(CCO)CCO. The molecule has 0 aromatic heterocycles. The molecule has 1 aliphatic rings. The number of hydrogen-bond acceptors (Lipinski definition) is 5. The molecule has 7 nitrogen and oxygen atoms in total. The van der Waals surface area contributed by atoms with E-state index in [9.17, 15) is 4.79 Å². The fourth-order valence-electron chi connectivity index (χ4n) is 2.08. The maximum absolute atomic E-state index is 11.8. The van der Waals surface area contributed by atoms with E-state index in [0.717, 1.165) is 17.1 Å². The molecule has 0 saturated heterocycles. The van der Waals surface area contributed by atoms with E-state index in [4.69, 9.17) is 19.7 Å². The van der Waals surface area contributed by atoms with Crippen LogP contribution in [0.3, 0.4) is 0 Å². The standard InChI is InChI=1S/C14H20N2O5/c17-7-5-16(6-8-18)14(19)15-4-3-11-1-2-12-13(9-11)21-10-20-12/h1-2,9,17-18H,3-8,10H2,(H,15,19). The number of aliphatic hydroxyl groups is 2. The first-order valence-electron chi connectivity index (χ1n) is 6.87. The van der Waals surface area contributed by atoms with Gasteiger partial charge in [-0.2, -0.15) is 0 Å². The minimum Gasteiger partial charge on any atom is -0.454 e. The van der Waals surface area contributed by atoms with Gasteiger partial charge in [0.05, 0.1) is 13.2 Å². The second kappa shape index (κ2) is 7.70. The van der Waals surface area contributed by atoms with Crippen LogP contribution < -0.4 is 14.8 Å². The van der Waals surface area contributed by atoms with Crippen LogP contribution in [0.5, 0.6) is 11.5 Å². The zero-order valence-corrected chi connectivity index (χ0v) is 11.7. The van der Waals surface area contributed by atoms with Crippen LogP contribution >= 0.6 is 0 Å². The Morgan fingerprint density at radius 2 is 1.90 bits per heavy atom. The van der Waals surface area contributed by atoms with Gasteiger partial charge in [-0.3, -0.25) is 0 Å². The lowest BCUT2D eigenvalue weighted by Crippen LogP contribution is -2.43. The highest BCUT2D eigenvalue weighted by Crippen LogP contribution is 2.32. The van der Waals surface area contributed by atoms with Crippen molar-refractivity contribution in [2.24, 2.45) is 0 Å². The van der Waals surface area contributed by atoms with Crippen molar-refractivity contribution >= 4 is 6.03 Å². The van der Waals surface area contributed by atoms with E-state index in [0.29, 0.717) is 13.0 Å². The molecule has 1 aliphatic heterocycles. The van der Waals surface area contributed by atoms with Gasteiger partial charge in [0, 0.05) is 19.6 Å². The van der Waals surface area contributed by atoms with Crippen LogP contribution in [0.25, 0.3) is 0 Å². The topological polar surface area (TPSA) is 91.3 Å². The smallest absolute Gasteiger partial charge is 0.317 e. The Balaban J connectivity index is 1.79. The highest BCUT2D eigenvalue weighted by molar-refractivity contribution is 5.74. The van der Waals surface area contributed by atoms with E-state index in [1.54, 1.807) is 0 Å². The lowest BCUT2D eigenvalue weighted by atomic mass is 10.1. The van der Waals surface area contributed by atoms with Crippen molar-refractivity contribution in [1.29, 1.82) is 0 Å². The first kappa shape index (κ1) is 15.4. The van der Waals surface area contributed by atoms with Gasteiger partial charge in [-0.05, 0) is 24.1 Å². The molecule has 2 amide bonds. The van der Waals surface area contributed by atoms with Crippen molar-refractivity contribution in [3.63, 3.8) is 0 Å². The largest absolute Gasteiger partial charge is 0.454 e. The molecular weight excluding hydrogens is 276 g/mol. The Morgan fingerprint density at radius 1 is 1.19 bits per heavy atom. The Morgan fingerprint density at radius 3 is 2.62 bits per heavy atom. The normalized spacial score (nSPS) is 12.3. The zero-order valence-electron chi connectivity index (χ0n) is 11.7. The lowest BCUT2D eigenvalue weighted by Gasteiger charge is -2.21. The van der Waals surface area contributed by atoms with Crippen molar-refractivity contribution in [1.82, 2.24) is 10.2 Å². The molecular formula is C14H20N2O5. The molecule has 0 radical (unpaired) electrons. The van der Waals surface area contributed by atoms with Crippen molar-refractivity contribution in [2.45, 2.75) is 6.42 Å². The highest BCUT2D eigenvalue weighted by Gasteiger charge is 2.14. The molecule has 0 saturated carbocycles. The third-order valence-electron chi connectivity index (χ3n) is 3.15. The van der Waals surface area contributed by atoms with Gasteiger partial charge in [0.15, 0.2) is 11.5 Å². The quantitative estimate of drug-likeness (QED) is 0.656. The summed E-state index contributed by atoms with van der Waals surface area (Å²) >= 11 is 0. The summed E-state index contributed by atoms with van der Waals surface area (Å²) in [7, 11) is 0. The average molecular weight is 296 g/mol. The molecule has 2 rings (SSSR count). The fraction of sp³-hybridized carbons (Fsp3) is 0.500. The monoisotopic (exact) mass is 296 g/mol. The molecule has 0 fully saturated rings. The van der Waals surface area contributed by atoms with Crippen LogP contribution in [0.2, 0.25) is 0 Å². The number of hydrogen-bond donors (Lipinski definition) is 3. The summed E-state index contributed by atoms with van der Waals surface area (Å²) in [5.74, 6) is 1.46. The third-order valence-corrected chi connectivity index (χ3v) is 3.15. The molecule has 1 heterocycles. The minimum atomic E-state index is -0.293. The number of aliphatic hydroxyl groups excluding tert-OH is 2. The number of urea groups is 1. The number of carbonyl (C=O) groups is 1. The third kappa shape index (κ3) is 4.24. The Bertz CT molecular complexity index is 474. The molecule has 21 heavy (non-hydrogen) atoms. The second-order valence-corrected chi connectivity index (χ2v) is 4.60. The molecule has 116 valence electrons. The van der Waals surface area contributed by atoms with Crippen LogP contribution in [0, 0.1) is 0 Å². The fourth-order valence-corrected chi connectivity index (χ4v) is 2.08. The number of benzene rings is 1. The maximum atomic E-state index is 11.8. The first-order chi connectivity index (χ1) is 10.2. The molecule has 1 aromatic carbocycles. The summed E-state index contributed by atoms with van der Waals surface area (Å²) in [6.45, 7) is 0.858. The number of nitrogens with zero attached hydrogens (tertiary/aromatic N) is 1. The highest BCUT2D eigenvalue weighted by atomic mass is 16.7. The van der Waals surface area contributed by atoms with E-state index in [1.165, 1.54) is 4.90 Å². The summed E-state index contributed by atoms with van der Waals surface area (Å²) in [5.41, 5.74) is 1.04. The van der Waals surface area contributed by atoms with Crippen LogP contribution in [0.1, 0.15) is 5.56 Å². The van der Waals surface area contributed by atoms with Gasteiger partial charge in [0.25, 0.3) is 0 Å². The lowest BCUT2D eigenvalue weighted by molar-refractivity contribution is 0.158. The van der Waals surface area contributed by atoms with Gasteiger partial charge >= 0.3 is 6.03 Å². The summed E-state index contributed by atoms with van der Waals surface area (Å²) in [6, 6.07) is 5.38. The van der Waals surface area contributed by atoms with Crippen molar-refractivity contribution in [3.8, 4) is 11.5 Å². The van der Waals surface area contributed by atoms with Gasteiger partial charge in [-0.1, -0.05) is 6.07 Å². The van der Waals surface area contributed by atoms with E-state index < -0.39 is 0 Å². The summed E-state index contributed by atoms with van der Waals surface area (Å²) in [5, 5.41) is 20.5. The van der Waals surface area contributed by atoms with Crippen LogP contribution in [-0.4, -0.2) is 60.8 Å². The van der Waals surface area contributed by atoms with Crippen LogP contribution in [0.4, 0.5) is 4.79 Å². The number of nitrogens with one attached hydrogen (secondary N) is 1. The maximum Gasteiger partial charge on any atom is 0.317 e. The first-order valence-corrected chi connectivity index (χ1v) is 6.87. The van der Waals surface area contributed by atoms with E-state index in [1.807, 2.05) is 18.2 Å². The van der Waals surface area contributed by atoms with Gasteiger partial charge in [-0.15, -0.1) is 0 Å². The number of ether oxygens (including phenoxy) is 2. The Labute approximate surface area is 123 Å². The Kier molecular flexibility index (Phi) is 5.65. The summed E-state index contributed by atoms with van der Waals surface area (Å²) < 4.78 is 10.5. The minimum absolute atomic E-state index is 0.129. The van der Waals surface area contributed by atoms with Crippen LogP contribution in [0.15, 0.2) is 18.2 Å². The zero-order chi connectivity index (χ0) is 15.1. The van der Waals surface area contributed by atoms with Crippen molar-refractivity contribution < 1.29 is 24.5 Å². The molecule has 0 spiro atoms. The number of carbonyl (C=O) groups excluding carboxylic acids is 1. The van der Waals surface area contributed by atoms with Crippen molar-refractivity contribution in [2.75, 3.05) is 39.6 Å². The number of amides is 2. The van der Waals surface area contributed by atoms with Gasteiger partial charge in [0.2, 0.25) is 6.79 Å². The molecule has 0 bridgehead atoms. The number of rotatable bonds is 7. The van der Waals surface area contributed by atoms with Crippen molar-refractivity contribution in [3.05, 3.63) is 23.8 Å². The average Bonchev–Trinajstić information content (AvgIpc) is 2.94. The molecule has 7 heteroatoms. The molecule has 3 N–H and O–H groups in total. The predicted molar refractivity (Wildman–Crippen MR) is 75.4 cm³/mol. The predicted octanol–water partition coefficient (Wildman–Crippen LogP) is -0.0460. The summed E-state index contributed by atoms with van der Waals surface area (Å²) in [6.07, 6.45) is 0.661. The summed E-state index contributed by atoms with van der Waals surface area (Å²) in [4.78, 5) is 13.2. The van der Waals surface area contributed by atoms with E-state index >= 15 is 0 Å².